The Morgan fingerprint density at radius 2 is 2.00 bits per heavy atom. The first-order valence-electron chi connectivity index (χ1n) is 7.90. The fourth-order valence-electron chi connectivity index (χ4n) is 2.02. The van der Waals surface area contributed by atoms with Crippen LogP contribution in [-0.4, -0.2) is 25.2 Å². The van der Waals surface area contributed by atoms with Crippen LogP contribution in [0, 0.1) is 11.3 Å². The van der Waals surface area contributed by atoms with Crippen molar-refractivity contribution in [2.45, 2.75) is 13.8 Å². The smallest absolute Gasteiger partial charge is 0.353 e. The molecule has 0 radical (unpaired) electrons. The number of carbonyl (C=O) groups excluding carboxylic acids is 2. The van der Waals surface area contributed by atoms with Gasteiger partial charge in [0.1, 0.15) is 16.5 Å². The number of ether oxygens (including phenoxy) is 3. The summed E-state index contributed by atoms with van der Waals surface area (Å²) in [5.41, 5.74) is 0.423. The average molecular weight is 371 g/mol. The maximum absolute atomic E-state index is 12.1. The van der Waals surface area contributed by atoms with Gasteiger partial charge in [-0.25, -0.2) is 9.59 Å². The first kappa shape index (κ1) is 19.2. The highest BCUT2D eigenvalue weighted by Gasteiger charge is 2.15. The zero-order chi connectivity index (χ0) is 18.9. The van der Waals surface area contributed by atoms with Gasteiger partial charge in [-0.2, -0.15) is 5.26 Å². The van der Waals surface area contributed by atoms with Gasteiger partial charge < -0.3 is 14.2 Å². The molecule has 26 heavy (non-hydrogen) atoms. The van der Waals surface area contributed by atoms with Gasteiger partial charge in [-0.3, -0.25) is 0 Å². The zero-order valence-corrected chi connectivity index (χ0v) is 15.2. The minimum atomic E-state index is -0.693. The van der Waals surface area contributed by atoms with Crippen LogP contribution < -0.4 is 9.47 Å². The number of esters is 2. The molecule has 2 rings (SSSR count). The Hall–Kier alpha value is -3.11. The van der Waals surface area contributed by atoms with Crippen molar-refractivity contribution in [3.05, 3.63) is 51.7 Å². The number of hydrogen-bond acceptors (Lipinski definition) is 7. The van der Waals surface area contributed by atoms with Gasteiger partial charge in [0.2, 0.25) is 0 Å². The van der Waals surface area contributed by atoms with E-state index < -0.39 is 11.9 Å². The lowest BCUT2D eigenvalue weighted by Crippen LogP contribution is -2.08. The largest absolute Gasteiger partial charge is 0.490 e. The molecule has 0 aliphatic heterocycles. The molecule has 0 saturated carbocycles. The summed E-state index contributed by atoms with van der Waals surface area (Å²) in [6, 6.07) is 10.0. The Kier molecular flexibility index (Phi) is 6.94. The monoisotopic (exact) mass is 371 g/mol. The molecule has 0 N–H and O–H groups in total. The molecule has 2 aromatic rings. The van der Waals surface area contributed by atoms with E-state index in [1.165, 1.54) is 17.4 Å². The predicted octanol–water partition coefficient (Wildman–Crippen LogP) is 3.84. The summed E-state index contributed by atoms with van der Waals surface area (Å²) in [7, 11) is 0. The molecular formula is C19H17NO5S. The van der Waals surface area contributed by atoms with Gasteiger partial charge >= 0.3 is 11.9 Å². The van der Waals surface area contributed by atoms with Crippen LogP contribution in [0.3, 0.4) is 0 Å². The van der Waals surface area contributed by atoms with Crippen molar-refractivity contribution in [3.8, 4) is 17.6 Å². The van der Waals surface area contributed by atoms with Crippen molar-refractivity contribution in [1.82, 2.24) is 0 Å². The van der Waals surface area contributed by atoms with E-state index >= 15 is 0 Å². The van der Waals surface area contributed by atoms with E-state index in [0.29, 0.717) is 22.8 Å². The molecular weight excluding hydrogens is 354 g/mol. The van der Waals surface area contributed by atoms with E-state index in [9.17, 15) is 9.59 Å². The number of rotatable bonds is 7. The average Bonchev–Trinajstić information content (AvgIpc) is 3.17. The standard InChI is InChI=1S/C19H17NO5S/c1-3-23-16-11-13(10-14(12-20)18(21)24-4-2)7-8-15(16)25-19(22)17-6-5-9-26-17/h5-11H,3-4H2,1-2H3/b14-10-. The lowest BCUT2D eigenvalue weighted by atomic mass is 10.1. The molecule has 0 fully saturated rings. The van der Waals surface area contributed by atoms with Crippen LogP contribution in [0.1, 0.15) is 29.1 Å². The van der Waals surface area contributed by atoms with Crippen molar-refractivity contribution in [2.75, 3.05) is 13.2 Å². The minimum Gasteiger partial charge on any atom is -0.490 e. The molecule has 1 aromatic carbocycles. The highest BCUT2D eigenvalue weighted by molar-refractivity contribution is 7.12. The van der Waals surface area contributed by atoms with Crippen molar-refractivity contribution in [3.63, 3.8) is 0 Å². The number of thiophene rings is 1. The third-order valence-electron chi connectivity index (χ3n) is 3.12. The number of hydrogen-bond donors (Lipinski definition) is 0. The van der Waals surface area contributed by atoms with E-state index in [1.807, 2.05) is 6.07 Å². The van der Waals surface area contributed by atoms with E-state index in [4.69, 9.17) is 19.5 Å². The second kappa shape index (κ2) is 9.39. The Balaban J connectivity index is 2.29. The lowest BCUT2D eigenvalue weighted by molar-refractivity contribution is -0.137. The van der Waals surface area contributed by atoms with Gasteiger partial charge in [-0.1, -0.05) is 12.1 Å². The van der Waals surface area contributed by atoms with Gasteiger partial charge in [0.15, 0.2) is 11.5 Å². The molecule has 0 atom stereocenters. The Bertz CT molecular complexity index is 849. The number of benzene rings is 1. The maximum atomic E-state index is 12.1. The second-order valence-corrected chi connectivity index (χ2v) is 5.84. The molecule has 0 bridgehead atoms. The van der Waals surface area contributed by atoms with Crippen molar-refractivity contribution < 1.29 is 23.8 Å². The maximum Gasteiger partial charge on any atom is 0.353 e. The fourth-order valence-corrected chi connectivity index (χ4v) is 2.62. The van der Waals surface area contributed by atoms with Gasteiger partial charge in [-0.05, 0) is 49.1 Å². The molecule has 6 nitrogen and oxygen atoms in total. The summed E-state index contributed by atoms with van der Waals surface area (Å²) in [6.07, 6.45) is 1.39. The Morgan fingerprint density at radius 1 is 1.19 bits per heavy atom. The first-order chi connectivity index (χ1) is 12.6. The molecule has 0 aliphatic rings. The summed E-state index contributed by atoms with van der Waals surface area (Å²) < 4.78 is 15.7. The van der Waals surface area contributed by atoms with Gasteiger partial charge in [0.25, 0.3) is 0 Å². The summed E-state index contributed by atoms with van der Waals surface area (Å²) >= 11 is 1.28. The van der Waals surface area contributed by atoms with E-state index in [0.717, 1.165) is 0 Å². The molecule has 134 valence electrons. The van der Waals surface area contributed by atoms with Gasteiger partial charge in [-0.15, -0.1) is 11.3 Å². The number of carbonyl (C=O) groups is 2. The Labute approximate surface area is 155 Å². The first-order valence-corrected chi connectivity index (χ1v) is 8.78. The second-order valence-electron chi connectivity index (χ2n) is 4.90. The fraction of sp³-hybridized carbons (Fsp3) is 0.211. The Morgan fingerprint density at radius 3 is 2.62 bits per heavy atom. The quantitative estimate of drug-likeness (QED) is 0.318. The topological polar surface area (TPSA) is 85.6 Å². The predicted molar refractivity (Wildman–Crippen MR) is 97.1 cm³/mol. The summed E-state index contributed by atoms with van der Waals surface area (Å²) in [5.74, 6) is -0.570. The molecule has 1 aromatic heterocycles. The van der Waals surface area contributed by atoms with Crippen LogP contribution in [-0.2, 0) is 9.53 Å². The summed E-state index contributed by atoms with van der Waals surface area (Å²) in [4.78, 5) is 24.3. The lowest BCUT2D eigenvalue weighted by Gasteiger charge is -2.11. The third-order valence-corrected chi connectivity index (χ3v) is 3.97. The highest BCUT2D eigenvalue weighted by atomic mass is 32.1. The number of nitriles is 1. The number of nitrogens with zero attached hydrogens (tertiary/aromatic N) is 1. The van der Waals surface area contributed by atoms with Crippen molar-refractivity contribution in [1.29, 1.82) is 5.26 Å². The molecule has 0 amide bonds. The molecule has 0 spiro atoms. The van der Waals surface area contributed by atoms with Crippen LogP contribution in [0.15, 0.2) is 41.3 Å². The van der Waals surface area contributed by atoms with Crippen LogP contribution >= 0.6 is 11.3 Å². The zero-order valence-electron chi connectivity index (χ0n) is 14.4. The van der Waals surface area contributed by atoms with E-state index in [1.54, 1.807) is 49.6 Å². The molecule has 0 saturated heterocycles. The van der Waals surface area contributed by atoms with Crippen molar-refractivity contribution in [2.24, 2.45) is 0 Å². The normalized spacial score (nSPS) is 10.7. The highest BCUT2D eigenvalue weighted by Crippen LogP contribution is 2.30. The molecule has 1 heterocycles. The summed E-state index contributed by atoms with van der Waals surface area (Å²) in [6.45, 7) is 4.00. The van der Waals surface area contributed by atoms with Gasteiger partial charge in [0, 0.05) is 0 Å². The third kappa shape index (κ3) is 4.94. The van der Waals surface area contributed by atoms with Crippen molar-refractivity contribution >= 4 is 29.4 Å². The summed E-state index contributed by atoms with van der Waals surface area (Å²) in [5, 5.41) is 10.9. The SMILES string of the molecule is CCOC(=O)/C(C#N)=C\c1ccc(OC(=O)c2cccs2)c(OCC)c1. The van der Waals surface area contributed by atoms with E-state index in [-0.39, 0.29) is 17.9 Å². The van der Waals surface area contributed by atoms with Crippen LogP contribution in [0.5, 0.6) is 11.5 Å². The van der Waals surface area contributed by atoms with Gasteiger partial charge in [0.05, 0.1) is 13.2 Å². The molecule has 0 aliphatic carbocycles. The van der Waals surface area contributed by atoms with Crippen LogP contribution in [0.2, 0.25) is 0 Å². The molecule has 7 heteroatoms. The van der Waals surface area contributed by atoms with Crippen LogP contribution in [0.4, 0.5) is 0 Å². The molecule has 0 unspecified atom stereocenters. The van der Waals surface area contributed by atoms with E-state index in [2.05, 4.69) is 0 Å². The van der Waals surface area contributed by atoms with Crippen LogP contribution in [0.25, 0.3) is 6.08 Å². The minimum absolute atomic E-state index is 0.127.